The molecule has 0 bridgehead atoms. The first-order chi connectivity index (χ1) is 14.5. The third-order valence-corrected chi connectivity index (χ3v) is 5.10. The van der Waals surface area contributed by atoms with Crippen LogP contribution in [0.25, 0.3) is 0 Å². The lowest BCUT2D eigenvalue weighted by atomic mass is 10.0. The minimum Gasteiger partial charge on any atom is -0.454 e. The normalized spacial score (nSPS) is 13.0. The molecule has 4 rings (SSSR count). The maximum Gasteiger partial charge on any atom is 0.270 e. The molecule has 3 aromatic carbocycles. The van der Waals surface area contributed by atoms with Gasteiger partial charge in [-0.15, -0.1) is 0 Å². The van der Waals surface area contributed by atoms with Gasteiger partial charge >= 0.3 is 0 Å². The Hall–Kier alpha value is -3.87. The molecule has 1 aliphatic heterocycles. The Bertz CT molecular complexity index is 1080. The largest absolute Gasteiger partial charge is 0.454 e. The minimum atomic E-state index is -0.500. The molecular formula is C23H20N2O5. The van der Waals surface area contributed by atoms with Crippen molar-refractivity contribution >= 4 is 11.6 Å². The van der Waals surface area contributed by atoms with E-state index in [1.165, 1.54) is 18.2 Å². The second kappa shape index (κ2) is 8.24. The van der Waals surface area contributed by atoms with Gasteiger partial charge in [0.1, 0.15) is 0 Å². The number of nitro benzene ring substituents is 1. The van der Waals surface area contributed by atoms with Crippen molar-refractivity contribution in [2.24, 2.45) is 0 Å². The van der Waals surface area contributed by atoms with Gasteiger partial charge < -0.3 is 14.4 Å². The van der Waals surface area contributed by atoms with Crippen LogP contribution in [-0.4, -0.2) is 22.5 Å². The number of fused-ring (bicyclic) bond motifs is 1. The Morgan fingerprint density at radius 3 is 2.57 bits per heavy atom. The van der Waals surface area contributed by atoms with E-state index >= 15 is 0 Å². The molecule has 0 aliphatic carbocycles. The Balaban J connectivity index is 1.69. The zero-order chi connectivity index (χ0) is 21.1. The summed E-state index contributed by atoms with van der Waals surface area (Å²) in [5.74, 6) is 1.03. The van der Waals surface area contributed by atoms with E-state index in [0.29, 0.717) is 18.0 Å². The number of amides is 1. The second-order valence-electron chi connectivity index (χ2n) is 7.01. The molecule has 0 spiro atoms. The van der Waals surface area contributed by atoms with E-state index in [0.717, 1.165) is 11.1 Å². The van der Waals surface area contributed by atoms with Gasteiger partial charge in [0.05, 0.1) is 11.0 Å². The fourth-order valence-corrected chi connectivity index (χ4v) is 3.45. The molecule has 7 heteroatoms. The van der Waals surface area contributed by atoms with E-state index in [1.54, 1.807) is 11.0 Å². The highest BCUT2D eigenvalue weighted by Gasteiger charge is 2.25. The number of non-ortho nitro benzene ring substituents is 1. The third kappa shape index (κ3) is 3.96. The number of nitro groups is 1. The number of hydrogen-bond acceptors (Lipinski definition) is 5. The summed E-state index contributed by atoms with van der Waals surface area (Å²) in [6.07, 6.45) is 0. The van der Waals surface area contributed by atoms with Crippen LogP contribution in [0.2, 0.25) is 0 Å². The molecule has 0 saturated heterocycles. The number of rotatable bonds is 6. The van der Waals surface area contributed by atoms with Crippen molar-refractivity contribution in [2.45, 2.75) is 19.5 Å². The number of nitrogens with zero attached hydrogens (tertiary/aromatic N) is 2. The van der Waals surface area contributed by atoms with Gasteiger partial charge in [0.25, 0.3) is 11.6 Å². The highest BCUT2D eigenvalue weighted by atomic mass is 16.7. The Morgan fingerprint density at radius 2 is 1.80 bits per heavy atom. The van der Waals surface area contributed by atoms with Gasteiger partial charge in [-0.2, -0.15) is 0 Å². The summed E-state index contributed by atoms with van der Waals surface area (Å²) < 4.78 is 10.8. The molecule has 0 saturated carbocycles. The molecule has 0 fully saturated rings. The highest BCUT2D eigenvalue weighted by molar-refractivity contribution is 5.95. The highest BCUT2D eigenvalue weighted by Crippen LogP contribution is 2.34. The Labute approximate surface area is 173 Å². The van der Waals surface area contributed by atoms with Gasteiger partial charge in [-0.05, 0) is 36.2 Å². The lowest BCUT2D eigenvalue weighted by molar-refractivity contribution is -0.384. The molecule has 1 heterocycles. The van der Waals surface area contributed by atoms with Gasteiger partial charge in [-0.25, -0.2) is 0 Å². The van der Waals surface area contributed by atoms with Crippen LogP contribution in [0.15, 0.2) is 72.8 Å². The molecule has 1 amide bonds. The van der Waals surface area contributed by atoms with E-state index < -0.39 is 4.92 Å². The maximum absolute atomic E-state index is 13.4. The number of carbonyl (C=O) groups is 1. The topological polar surface area (TPSA) is 81.9 Å². The summed E-state index contributed by atoms with van der Waals surface area (Å²) in [5.41, 5.74) is 2.00. The van der Waals surface area contributed by atoms with Crippen LogP contribution < -0.4 is 9.47 Å². The molecule has 30 heavy (non-hydrogen) atoms. The molecule has 152 valence electrons. The van der Waals surface area contributed by atoms with Crippen molar-refractivity contribution in [1.82, 2.24) is 4.90 Å². The summed E-state index contributed by atoms with van der Waals surface area (Å²) in [6.45, 7) is 2.43. The van der Waals surface area contributed by atoms with Gasteiger partial charge in [-0.3, -0.25) is 14.9 Å². The first-order valence-electron chi connectivity index (χ1n) is 9.52. The predicted molar refractivity (Wildman–Crippen MR) is 110 cm³/mol. The summed E-state index contributed by atoms with van der Waals surface area (Å²) in [5, 5.41) is 11.2. The molecule has 3 aromatic rings. The fourth-order valence-electron chi connectivity index (χ4n) is 3.45. The molecule has 7 nitrogen and oxygen atoms in total. The van der Waals surface area contributed by atoms with Crippen LogP contribution in [0.5, 0.6) is 11.5 Å². The van der Waals surface area contributed by atoms with Gasteiger partial charge in [0.2, 0.25) is 6.79 Å². The lowest BCUT2D eigenvalue weighted by Gasteiger charge is -2.30. The van der Waals surface area contributed by atoms with Crippen LogP contribution in [0.4, 0.5) is 5.69 Å². The smallest absolute Gasteiger partial charge is 0.270 e. The minimum absolute atomic E-state index is 0.115. The summed E-state index contributed by atoms with van der Waals surface area (Å²) in [4.78, 5) is 25.8. The van der Waals surface area contributed by atoms with Gasteiger partial charge in [0.15, 0.2) is 11.5 Å². The van der Waals surface area contributed by atoms with Crippen molar-refractivity contribution in [2.75, 3.05) is 6.79 Å². The van der Waals surface area contributed by atoms with E-state index in [2.05, 4.69) is 0 Å². The molecule has 1 unspecified atom stereocenters. The monoisotopic (exact) mass is 404 g/mol. The van der Waals surface area contributed by atoms with Crippen LogP contribution >= 0.6 is 0 Å². The second-order valence-corrected chi connectivity index (χ2v) is 7.01. The van der Waals surface area contributed by atoms with Crippen molar-refractivity contribution in [3.8, 4) is 11.5 Å². The van der Waals surface area contributed by atoms with E-state index in [-0.39, 0.29) is 30.0 Å². The first kappa shape index (κ1) is 19.4. The fraction of sp³-hybridized carbons (Fsp3) is 0.174. The van der Waals surface area contributed by atoms with Crippen molar-refractivity contribution in [3.63, 3.8) is 0 Å². The lowest BCUT2D eigenvalue weighted by Crippen LogP contribution is -2.33. The van der Waals surface area contributed by atoms with E-state index in [4.69, 9.17) is 9.47 Å². The molecule has 0 aromatic heterocycles. The van der Waals surface area contributed by atoms with Crippen molar-refractivity contribution < 1.29 is 19.2 Å². The molecule has 1 aliphatic rings. The molecular weight excluding hydrogens is 384 g/mol. The number of benzene rings is 3. The quantitative estimate of drug-likeness (QED) is 0.438. The van der Waals surface area contributed by atoms with Gasteiger partial charge in [-0.1, -0.05) is 42.5 Å². The third-order valence-electron chi connectivity index (χ3n) is 5.10. The van der Waals surface area contributed by atoms with Crippen LogP contribution in [0, 0.1) is 10.1 Å². The average Bonchev–Trinajstić information content (AvgIpc) is 3.25. The number of ether oxygens (including phenoxy) is 2. The molecule has 0 N–H and O–H groups in total. The standard InChI is InChI=1S/C23H20N2O5/c1-16(18-6-3-2-4-7-18)24(14-17-10-11-21-22(12-17)30-15-29-21)23(26)19-8-5-9-20(13-19)25(27)28/h2-13,16H,14-15H2,1H3. The van der Waals surface area contributed by atoms with E-state index in [1.807, 2.05) is 55.5 Å². The van der Waals surface area contributed by atoms with Crippen LogP contribution in [0.3, 0.4) is 0 Å². The van der Waals surface area contributed by atoms with Crippen LogP contribution in [-0.2, 0) is 6.54 Å². The summed E-state index contributed by atoms with van der Waals surface area (Å²) in [7, 11) is 0. The Morgan fingerprint density at radius 1 is 1.03 bits per heavy atom. The number of carbonyl (C=O) groups excluding carboxylic acids is 1. The zero-order valence-electron chi connectivity index (χ0n) is 16.4. The maximum atomic E-state index is 13.4. The molecule has 0 radical (unpaired) electrons. The predicted octanol–water partition coefficient (Wildman–Crippen LogP) is 4.73. The SMILES string of the molecule is CC(c1ccccc1)N(Cc1ccc2c(c1)OCO2)C(=O)c1cccc([N+](=O)[O-])c1. The first-order valence-corrected chi connectivity index (χ1v) is 9.52. The van der Waals surface area contributed by atoms with Crippen molar-refractivity contribution in [3.05, 3.63) is 99.6 Å². The molecule has 1 atom stereocenters. The van der Waals surface area contributed by atoms with Crippen molar-refractivity contribution in [1.29, 1.82) is 0 Å². The summed E-state index contributed by atoms with van der Waals surface area (Å²) >= 11 is 0. The van der Waals surface area contributed by atoms with Crippen LogP contribution in [0.1, 0.15) is 34.5 Å². The van der Waals surface area contributed by atoms with E-state index in [9.17, 15) is 14.9 Å². The van der Waals surface area contributed by atoms with Gasteiger partial charge in [0, 0.05) is 24.2 Å². The number of hydrogen-bond donors (Lipinski definition) is 0. The average molecular weight is 404 g/mol. The Kier molecular flexibility index (Phi) is 5.34. The summed E-state index contributed by atoms with van der Waals surface area (Å²) in [6, 6.07) is 20.8. The zero-order valence-corrected chi connectivity index (χ0v) is 16.4.